The van der Waals surface area contributed by atoms with Crippen molar-refractivity contribution in [2.24, 2.45) is 0 Å². The molecule has 3 heteroatoms. The number of fused-ring (bicyclic) bond motifs is 7. The average molecular weight is 630 g/mol. The van der Waals surface area contributed by atoms with Crippen molar-refractivity contribution in [2.75, 3.05) is 0 Å². The highest BCUT2D eigenvalue weighted by Crippen LogP contribution is 2.43. The molecule has 5 aromatic carbocycles. The van der Waals surface area contributed by atoms with Gasteiger partial charge in [0.2, 0.25) is 0 Å². The Hall–Kier alpha value is -4.24. The molecule has 0 fully saturated rings. The quantitative estimate of drug-likeness (QED) is 0.165. The summed E-state index contributed by atoms with van der Waals surface area (Å²) in [7, 11) is 0. The molecule has 48 heavy (non-hydrogen) atoms. The minimum absolute atomic E-state index is 0.00169. The summed E-state index contributed by atoms with van der Waals surface area (Å²) in [5.74, 6) is 1.95. The van der Waals surface area contributed by atoms with Crippen molar-refractivity contribution in [3.8, 4) is 28.3 Å². The summed E-state index contributed by atoms with van der Waals surface area (Å²) in [6.07, 6.45) is 0. The Morgan fingerprint density at radius 1 is 0.562 bits per heavy atom. The van der Waals surface area contributed by atoms with Crippen LogP contribution in [0, 0.1) is 20.8 Å². The van der Waals surface area contributed by atoms with Gasteiger partial charge >= 0.3 is 0 Å². The fraction of sp³-hybridized carbons (Fsp3) is 0.333. The maximum absolute atomic E-state index is 7.07. The molecule has 0 atom stereocenters. The predicted molar refractivity (Wildman–Crippen MR) is 208 cm³/mol. The first-order valence-electron chi connectivity index (χ1n) is 17.6. The van der Waals surface area contributed by atoms with Gasteiger partial charge in [0.05, 0.1) is 5.52 Å². The molecule has 3 heterocycles. The SMILES string of the molecule is Cc1cc(C)c(-c2cc3c4c(c2)-n2c5ccc(C(C)(C)C)cc5c5cc(C(C)(C)C)cc(c52)B4c2ccc(C(C)(C)C)cc2O3)c(C)c1. The molecule has 2 aliphatic rings. The third-order valence-corrected chi connectivity index (χ3v) is 11.0. The van der Waals surface area contributed by atoms with E-state index in [0.29, 0.717) is 0 Å². The van der Waals surface area contributed by atoms with Crippen molar-refractivity contribution >= 4 is 44.9 Å². The lowest BCUT2D eigenvalue weighted by molar-refractivity contribution is 0.483. The fourth-order valence-electron chi connectivity index (χ4n) is 8.42. The molecule has 2 nitrogen and oxygen atoms in total. The topological polar surface area (TPSA) is 14.2 Å². The average Bonchev–Trinajstić information content (AvgIpc) is 3.31. The van der Waals surface area contributed by atoms with Crippen LogP contribution in [0.5, 0.6) is 11.5 Å². The molecular weight excluding hydrogens is 581 g/mol. The van der Waals surface area contributed by atoms with Gasteiger partial charge in [-0.1, -0.05) is 104 Å². The van der Waals surface area contributed by atoms with Crippen LogP contribution in [0.2, 0.25) is 0 Å². The molecular formula is C45H48BNO. The molecule has 0 aliphatic carbocycles. The monoisotopic (exact) mass is 629 g/mol. The Kier molecular flexibility index (Phi) is 6.41. The zero-order valence-electron chi connectivity index (χ0n) is 30.9. The fourth-order valence-corrected chi connectivity index (χ4v) is 8.42. The van der Waals surface area contributed by atoms with E-state index in [0.717, 1.165) is 11.5 Å². The van der Waals surface area contributed by atoms with E-state index in [-0.39, 0.29) is 23.0 Å². The molecule has 0 unspecified atom stereocenters. The number of ether oxygens (including phenoxy) is 1. The third kappa shape index (κ3) is 4.53. The van der Waals surface area contributed by atoms with Crippen molar-refractivity contribution in [2.45, 2.75) is 99.3 Å². The number of aromatic nitrogens is 1. The van der Waals surface area contributed by atoms with Gasteiger partial charge in [-0.25, -0.2) is 0 Å². The van der Waals surface area contributed by atoms with Crippen LogP contribution < -0.4 is 21.1 Å². The number of hydrogen-bond donors (Lipinski definition) is 0. The van der Waals surface area contributed by atoms with Gasteiger partial charge < -0.3 is 9.30 Å². The van der Waals surface area contributed by atoms with Gasteiger partial charge in [0.1, 0.15) is 11.5 Å². The minimum atomic E-state index is -0.00169. The second kappa shape index (κ2) is 9.91. The van der Waals surface area contributed by atoms with Crippen molar-refractivity contribution in [1.29, 1.82) is 0 Å². The van der Waals surface area contributed by atoms with Crippen LogP contribution in [0.25, 0.3) is 38.6 Å². The van der Waals surface area contributed by atoms with Gasteiger partial charge in [-0.05, 0) is 129 Å². The van der Waals surface area contributed by atoms with E-state index in [1.165, 1.54) is 88.4 Å². The molecule has 0 saturated heterocycles. The van der Waals surface area contributed by atoms with E-state index < -0.39 is 0 Å². The van der Waals surface area contributed by atoms with Gasteiger partial charge in [0, 0.05) is 22.0 Å². The lowest BCUT2D eigenvalue weighted by Gasteiger charge is -2.35. The summed E-state index contributed by atoms with van der Waals surface area (Å²) in [4.78, 5) is 0. The van der Waals surface area contributed by atoms with E-state index in [1.54, 1.807) is 0 Å². The summed E-state index contributed by atoms with van der Waals surface area (Å²) in [5, 5.41) is 2.67. The number of hydrogen-bond acceptors (Lipinski definition) is 1. The molecule has 0 radical (unpaired) electrons. The Morgan fingerprint density at radius 2 is 1.17 bits per heavy atom. The Balaban J connectivity index is 1.55. The zero-order chi connectivity index (χ0) is 34.2. The maximum Gasteiger partial charge on any atom is 0.256 e. The summed E-state index contributed by atoms with van der Waals surface area (Å²) < 4.78 is 9.64. The standard InChI is InChI=1S/C45H48BNO/c1-25-17-26(2)40(27(3)18-25)28-19-37-41-39(20-28)48-38-24-30(44(7,8)9)13-15-34(38)46(41)35-23-31(45(10,11)12)22-33-32-21-29(43(4,5)6)14-16-36(32)47(37)42(33)35/h13-24H,1-12H3. The first kappa shape index (κ1) is 31.1. The van der Waals surface area contributed by atoms with Crippen LogP contribution in [0.15, 0.2) is 72.8 Å². The molecule has 1 aromatic heterocycles. The van der Waals surface area contributed by atoms with Crippen LogP contribution in [-0.2, 0) is 16.2 Å². The van der Waals surface area contributed by atoms with Gasteiger partial charge in [0.15, 0.2) is 0 Å². The highest BCUT2D eigenvalue weighted by atomic mass is 16.5. The highest BCUT2D eigenvalue weighted by molar-refractivity contribution is 6.99. The minimum Gasteiger partial charge on any atom is -0.458 e. The molecule has 0 spiro atoms. The van der Waals surface area contributed by atoms with Crippen LogP contribution in [0.1, 0.15) is 95.7 Å². The van der Waals surface area contributed by atoms with Crippen molar-refractivity contribution in [3.63, 3.8) is 0 Å². The second-order valence-corrected chi connectivity index (χ2v) is 17.7. The van der Waals surface area contributed by atoms with Crippen LogP contribution >= 0.6 is 0 Å². The van der Waals surface area contributed by atoms with Crippen molar-refractivity contribution in [1.82, 2.24) is 4.57 Å². The number of rotatable bonds is 1. The summed E-state index contributed by atoms with van der Waals surface area (Å²) >= 11 is 0. The third-order valence-electron chi connectivity index (χ3n) is 11.0. The highest BCUT2D eigenvalue weighted by Gasteiger charge is 2.42. The van der Waals surface area contributed by atoms with E-state index >= 15 is 0 Å². The largest absolute Gasteiger partial charge is 0.458 e. The Labute approximate surface area is 287 Å². The molecule has 242 valence electrons. The molecule has 2 aliphatic heterocycles. The predicted octanol–water partition coefficient (Wildman–Crippen LogP) is 10.2. The molecule has 0 saturated carbocycles. The smallest absolute Gasteiger partial charge is 0.256 e. The van der Waals surface area contributed by atoms with Gasteiger partial charge in [0.25, 0.3) is 6.71 Å². The first-order chi connectivity index (χ1) is 22.4. The lowest BCUT2D eigenvalue weighted by atomic mass is 9.34. The van der Waals surface area contributed by atoms with Crippen molar-refractivity contribution in [3.05, 3.63) is 106 Å². The zero-order valence-corrected chi connectivity index (χ0v) is 30.9. The number of benzene rings is 5. The summed E-state index contributed by atoms with van der Waals surface area (Å²) in [6.45, 7) is 27.6. The second-order valence-electron chi connectivity index (χ2n) is 17.7. The van der Waals surface area contributed by atoms with E-state index in [2.05, 4.69) is 160 Å². The van der Waals surface area contributed by atoms with Gasteiger partial charge in [-0.3, -0.25) is 0 Å². The molecule has 8 rings (SSSR count). The summed E-state index contributed by atoms with van der Waals surface area (Å²) in [5.41, 5.74) is 18.2. The maximum atomic E-state index is 7.07. The van der Waals surface area contributed by atoms with E-state index in [1.807, 2.05) is 0 Å². The first-order valence-corrected chi connectivity index (χ1v) is 17.6. The van der Waals surface area contributed by atoms with E-state index in [9.17, 15) is 0 Å². The van der Waals surface area contributed by atoms with Crippen LogP contribution in [-0.4, -0.2) is 11.3 Å². The Bertz CT molecular complexity index is 2330. The molecule has 0 amide bonds. The molecule has 6 aromatic rings. The van der Waals surface area contributed by atoms with Crippen LogP contribution in [0.4, 0.5) is 0 Å². The number of aryl methyl sites for hydroxylation is 3. The lowest BCUT2D eigenvalue weighted by Crippen LogP contribution is -2.58. The Morgan fingerprint density at radius 3 is 1.81 bits per heavy atom. The van der Waals surface area contributed by atoms with Gasteiger partial charge in [-0.2, -0.15) is 0 Å². The molecule has 0 bridgehead atoms. The summed E-state index contributed by atoms with van der Waals surface area (Å²) in [6, 6.07) is 28.5. The van der Waals surface area contributed by atoms with Crippen LogP contribution in [0.3, 0.4) is 0 Å². The van der Waals surface area contributed by atoms with Gasteiger partial charge in [-0.15, -0.1) is 0 Å². The van der Waals surface area contributed by atoms with Crippen molar-refractivity contribution < 1.29 is 4.74 Å². The van der Waals surface area contributed by atoms with E-state index in [4.69, 9.17) is 4.74 Å². The normalized spacial score (nSPS) is 14.0. The molecule has 0 N–H and O–H groups in total. The number of nitrogens with zero attached hydrogens (tertiary/aromatic N) is 1.